The fraction of sp³-hybridized carbons (Fsp3) is 0. The van der Waals surface area contributed by atoms with Crippen molar-refractivity contribution in [3.63, 3.8) is 0 Å². The number of amides is 1. The van der Waals surface area contributed by atoms with Gasteiger partial charge < -0.3 is 5.32 Å². The molecule has 0 aliphatic carbocycles. The van der Waals surface area contributed by atoms with E-state index < -0.39 is 0 Å². The van der Waals surface area contributed by atoms with Crippen LogP contribution < -0.4 is 5.32 Å². The first-order valence-corrected chi connectivity index (χ1v) is 6.24. The summed E-state index contributed by atoms with van der Waals surface area (Å²) >= 11 is 5.79. The van der Waals surface area contributed by atoms with Gasteiger partial charge in [-0.25, -0.2) is 9.97 Å². The highest BCUT2D eigenvalue weighted by atomic mass is 35.5. The summed E-state index contributed by atoms with van der Waals surface area (Å²) in [5, 5.41) is 3.38. The number of hydrogen-bond acceptors (Lipinski definition) is 4. The minimum absolute atomic E-state index is 0.257. The molecular formula is C14H9ClN4O. The van der Waals surface area contributed by atoms with Crippen LogP contribution in [-0.4, -0.2) is 20.9 Å². The van der Waals surface area contributed by atoms with Gasteiger partial charge in [0.05, 0.1) is 5.56 Å². The van der Waals surface area contributed by atoms with E-state index in [9.17, 15) is 4.79 Å². The molecule has 0 saturated heterocycles. The fourth-order valence-electron chi connectivity index (χ4n) is 1.72. The van der Waals surface area contributed by atoms with Gasteiger partial charge in [0.15, 0.2) is 5.65 Å². The monoisotopic (exact) mass is 284 g/mol. The zero-order chi connectivity index (χ0) is 13.9. The Morgan fingerprint density at radius 1 is 1.05 bits per heavy atom. The maximum Gasteiger partial charge on any atom is 0.257 e. The Hall–Kier alpha value is -2.53. The smallest absolute Gasteiger partial charge is 0.257 e. The normalized spacial score (nSPS) is 10.4. The summed E-state index contributed by atoms with van der Waals surface area (Å²) in [5.74, 6) is -0.257. The van der Waals surface area contributed by atoms with E-state index in [4.69, 9.17) is 11.6 Å². The lowest BCUT2D eigenvalue weighted by Gasteiger charge is -2.05. The second-order valence-corrected chi connectivity index (χ2v) is 4.52. The van der Waals surface area contributed by atoms with Crippen LogP contribution in [0.25, 0.3) is 11.2 Å². The number of benzene rings is 1. The van der Waals surface area contributed by atoms with Crippen molar-refractivity contribution in [1.29, 1.82) is 0 Å². The maximum absolute atomic E-state index is 12.1. The number of pyridine rings is 1. The number of hydrogen-bond donors (Lipinski definition) is 1. The van der Waals surface area contributed by atoms with Crippen molar-refractivity contribution in [2.45, 2.75) is 0 Å². The van der Waals surface area contributed by atoms with Gasteiger partial charge in [-0.05, 0) is 30.3 Å². The molecule has 5 nitrogen and oxygen atoms in total. The van der Waals surface area contributed by atoms with Crippen LogP contribution in [0.15, 0.2) is 48.9 Å². The number of fused-ring (bicyclic) bond motifs is 1. The fourth-order valence-corrected chi connectivity index (χ4v) is 1.84. The number of aromatic nitrogens is 3. The lowest BCUT2D eigenvalue weighted by atomic mass is 10.2. The van der Waals surface area contributed by atoms with Crippen LogP contribution in [0.2, 0.25) is 5.02 Å². The van der Waals surface area contributed by atoms with Gasteiger partial charge in [-0.15, -0.1) is 0 Å². The molecule has 0 unspecified atom stereocenters. The first-order chi connectivity index (χ1) is 9.72. The quantitative estimate of drug-likeness (QED) is 0.785. The summed E-state index contributed by atoms with van der Waals surface area (Å²) < 4.78 is 0. The van der Waals surface area contributed by atoms with Crippen LogP contribution in [0.5, 0.6) is 0 Å². The molecule has 0 aliphatic heterocycles. The molecule has 0 bridgehead atoms. The minimum Gasteiger partial charge on any atom is -0.322 e. The number of rotatable bonds is 2. The molecule has 3 rings (SSSR count). The molecule has 1 amide bonds. The van der Waals surface area contributed by atoms with Crippen LogP contribution in [-0.2, 0) is 0 Å². The Kier molecular flexibility index (Phi) is 3.26. The number of carbonyl (C=O) groups excluding carboxylic acids is 1. The van der Waals surface area contributed by atoms with Crippen LogP contribution in [0.3, 0.4) is 0 Å². The SMILES string of the molecule is O=C(Nc1ccc(Cl)cc1)c1cnc2nccnc2c1. The van der Waals surface area contributed by atoms with E-state index in [1.54, 1.807) is 42.7 Å². The Balaban J connectivity index is 1.86. The van der Waals surface area contributed by atoms with Gasteiger partial charge >= 0.3 is 0 Å². The standard InChI is InChI=1S/C14H9ClN4O/c15-10-1-3-11(4-2-10)19-14(20)9-7-12-13(18-8-9)17-6-5-16-12/h1-8H,(H,19,20). The van der Waals surface area contributed by atoms with Gasteiger partial charge in [-0.2, -0.15) is 0 Å². The maximum atomic E-state index is 12.1. The largest absolute Gasteiger partial charge is 0.322 e. The molecule has 2 aromatic heterocycles. The lowest BCUT2D eigenvalue weighted by Crippen LogP contribution is -2.12. The Bertz CT molecular complexity index is 773. The van der Waals surface area contributed by atoms with Gasteiger partial charge in [-0.3, -0.25) is 9.78 Å². The Labute approximate surface area is 119 Å². The number of halogens is 1. The molecule has 1 N–H and O–H groups in total. The summed E-state index contributed by atoms with van der Waals surface area (Å²) in [4.78, 5) is 24.4. The van der Waals surface area contributed by atoms with Crippen LogP contribution in [0.1, 0.15) is 10.4 Å². The molecule has 2 heterocycles. The Morgan fingerprint density at radius 3 is 2.60 bits per heavy atom. The number of carbonyl (C=O) groups is 1. The van der Waals surface area contributed by atoms with Crippen molar-refractivity contribution in [2.24, 2.45) is 0 Å². The van der Waals surface area contributed by atoms with Crippen molar-refractivity contribution in [1.82, 2.24) is 15.0 Å². The van der Waals surface area contributed by atoms with Crippen molar-refractivity contribution in [2.75, 3.05) is 5.32 Å². The molecular weight excluding hydrogens is 276 g/mol. The van der Waals surface area contributed by atoms with Crippen molar-refractivity contribution in [3.05, 3.63) is 59.5 Å². The Morgan fingerprint density at radius 2 is 1.80 bits per heavy atom. The highest BCUT2D eigenvalue weighted by molar-refractivity contribution is 6.30. The highest BCUT2D eigenvalue weighted by Gasteiger charge is 2.08. The molecule has 1 aromatic carbocycles. The molecule has 20 heavy (non-hydrogen) atoms. The molecule has 0 fully saturated rings. The number of nitrogens with one attached hydrogen (secondary N) is 1. The van der Waals surface area contributed by atoms with Crippen molar-refractivity contribution in [3.8, 4) is 0 Å². The number of anilines is 1. The minimum atomic E-state index is -0.257. The summed E-state index contributed by atoms with van der Waals surface area (Å²) in [6.07, 6.45) is 4.59. The van der Waals surface area contributed by atoms with E-state index in [0.29, 0.717) is 27.4 Å². The van der Waals surface area contributed by atoms with Gasteiger partial charge in [0.25, 0.3) is 5.91 Å². The predicted octanol–water partition coefficient (Wildman–Crippen LogP) is 2.93. The second kappa shape index (κ2) is 5.22. The van der Waals surface area contributed by atoms with Crippen molar-refractivity contribution < 1.29 is 4.79 Å². The third kappa shape index (κ3) is 2.57. The molecule has 0 saturated carbocycles. The number of nitrogens with zero attached hydrogens (tertiary/aromatic N) is 3. The molecule has 0 aliphatic rings. The third-order valence-corrected chi connectivity index (χ3v) is 2.94. The molecule has 3 aromatic rings. The molecule has 0 radical (unpaired) electrons. The van der Waals surface area contributed by atoms with E-state index in [1.165, 1.54) is 6.20 Å². The van der Waals surface area contributed by atoms with Crippen LogP contribution in [0.4, 0.5) is 5.69 Å². The van der Waals surface area contributed by atoms with Gasteiger partial charge in [0, 0.05) is 29.3 Å². The van der Waals surface area contributed by atoms with Crippen LogP contribution >= 0.6 is 11.6 Å². The highest BCUT2D eigenvalue weighted by Crippen LogP contribution is 2.15. The van der Waals surface area contributed by atoms with E-state index in [1.807, 2.05) is 0 Å². The van der Waals surface area contributed by atoms with Gasteiger partial charge in [0.1, 0.15) is 5.52 Å². The predicted molar refractivity (Wildman–Crippen MR) is 76.7 cm³/mol. The van der Waals surface area contributed by atoms with E-state index in [-0.39, 0.29) is 5.91 Å². The summed E-state index contributed by atoms with van der Waals surface area (Å²) in [7, 11) is 0. The zero-order valence-electron chi connectivity index (χ0n) is 10.2. The second-order valence-electron chi connectivity index (χ2n) is 4.08. The molecule has 6 heteroatoms. The van der Waals surface area contributed by atoms with E-state index in [0.717, 1.165) is 0 Å². The summed E-state index contributed by atoms with van der Waals surface area (Å²) in [6.45, 7) is 0. The van der Waals surface area contributed by atoms with Crippen molar-refractivity contribution >= 4 is 34.4 Å². The van der Waals surface area contributed by atoms with E-state index in [2.05, 4.69) is 20.3 Å². The van der Waals surface area contributed by atoms with E-state index >= 15 is 0 Å². The van der Waals surface area contributed by atoms with Gasteiger partial charge in [-0.1, -0.05) is 11.6 Å². The summed E-state index contributed by atoms with van der Waals surface area (Å²) in [5.41, 5.74) is 2.18. The molecule has 98 valence electrons. The molecule has 0 spiro atoms. The average Bonchev–Trinajstić information content (AvgIpc) is 2.49. The van der Waals surface area contributed by atoms with Gasteiger partial charge in [0.2, 0.25) is 0 Å². The molecule has 0 atom stereocenters. The first kappa shape index (κ1) is 12.5. The lowest BCUT2D eigenvalue weighted by molar-refractivity contribution is 0.102. The van der Waals surface area contributed by atoms with Crippen LogP contribution in [0, 0.1) is 0 Å². The first-order valence-electron chi connectivity index (χ1n) is 5.86. The summed E-state index contributed by atoms with van der Waals surface area (Å²) in [6, 6.07) is 8.53. The topological polar surface area (TPSA) is 67.8 Å². The zero-order valence-corrected chi connectivity index (χ0v) is 11.0. The average molecular weight is 285 g/mol. The third-order valence-electron chi connectivity index (χ3n) is 2.69.